The highest BCUT2D eigenvalue weighted by atomic mass is 32.2. The van der Waals surface area contributed by atoms with E-state index in [1.165, 1.54) is 32.4 Å². The number of sulfonamides is 1. The van der Waals surface area contributed by atoms with Gasteiger partial charge in [-0.3, -0.25) is 9.52 Å². The minimum Gasteiger partial charge on any atom is -0.495 e. The van der Waals surface area contributed by atoms with Crippen LogP contribution in [0.15, 0.2) is 64.1 Å². The van der Waals surface area contributed by atoms with Crippen LogP contribution in [0.25, 0.3) is 11.3 Å². The smallest absolute Gasteiger partial charge is 0.265 e. The predicted molar refractivity (Wildman–Crippen MR) is 95.7 cm³/mol. The maximum absolute atomic E-state index is 12.7. The van der Waals surface area contributed by atoms with E-state index in [2.05, 4.69) is 9.88 Å². The molecule has 0 aliphatic carbocycles. The second kappa shape index (κ2) is 7.01. The van der Waals surface area contributed by atoms with Gasteiger partial charge in [0.15, 0.2) is 11.5 Å². The van der Waals surface area contributed by atoms with Crippen LogP contribution in [-0.4, -0.2) is 26.5 Å². The van der Waals surface area contributed by atoms with E-state index in [-0.39, 0.29) is 16.4 Å². The molecular weight excluding hydrogens is 356 g/mol. The number of ketones is 1. The fourth-order valence-electron chi connectivity index (χ4n) is 2.42. The summed E-state index contributed by atoms with van der Waals surface area (Å²) in [5, 5.41) is 3.63. The van der Waals surface area contributed by atoms with Crippen molar-refractivity contribution in [2.45, 2.75) is 11.8 Å². The first-order valence-corrected chi connectivity index (χ1v) is 9.12. The summed E-state index contributed by atoms with van der Waals surface area (Å²) >= 11 is 0. The van der Waals surface area contributed by atoms with Crippen molar-refractivity contribution in [3.8, 4) is 17.1 Å². The summed E-state index contributed by atoms with van der Waals surface area (Å²) in [7, 11) is -2.53. The van der Waals surface area contributed by atoms with E-state index in [1.54, 1.807) is 36.4 Å². The normalized spacial score (nSPS) is 11.2. The fourth-order valence-corrected chi connectivity index (χ4v) is 3.62. The van der Waals surface area contributed by atoms with E-state index < -0.39 is 10.0 Å². The van der Waals surface area contributed by atoms with Gasteiger partial charge in [-0.1, -0.05) is 17.3 Å². The van der Waals surface area contributed by atoms with Crippen molar-refractivity contribution in [3.05, 3.63) is 60.3 Å². The largest absolute Gasteiger partial charge is 0.495 e. The molecule has 7 nitrogen and oxygen atoms in total. The molecule has 26 heavy (non-hydrogen) atoms. The van der Waals surface area contributed by atoms with Crippen LogP contribution < -0.4 is 9.46 Å². The lowest BCUT2D eigenvalue weighted by atomic mass is 10.1. The van der Waals surface area contributed by atoms with Gasteiger partial charge in [0, 0.05) is 22.9 Å². The number of hydrogen-bond acceptors (Lipinski definition) is 6. The number of benzene rings is 2. The van der Waals surface area contributed by atoms with Crippen LogP contribution in [0.4, 0.5) is 5.69 Å². The van der Waals surface area contributed by atoms with E-state index in [0.29, 0.717) is 22.6 Å². The summed E-state index contributed by atoms with van der Waals surface area (Å²) in [6.07, 6.45) is 1.50. The summed E-state index contributed by atoms with van der Waals surface area (Å²) in [6, 6.07) is 12.5. The molecule has 0 bridgehead atoms. The van der Waals surface area contributed by atoms with Crippen molar-refractivity contribution in [2.24, 2.45) is 0 Å². The number of anilines is 1. The third-order valence-corrected chi connectivity index (χ3v) is 5.12. The molecule has 0 saturated carbocycles. The van der Waals surface area contributed by atoms with Gasteiger partial charge in [-0.15, -0.1) is 0 Å². The molecule has 2 aromatic carbocycles. The van der Waals surface area contributed by atoms with Crippen LogP contribution in [0.1, 0.15) is 17.3 Å². The fraction of sp³-hybridized carbons (Fsp3) is 0.111. The molecule has 1 aromatic heterocycles. The van der Waals surface area contributed by atoms with Crippen molar-refractivity contribution >= 4 is 21.5 Å². The lowest BCUT2D eigenvalue weighted by Gasteiger charge is -2.13. The lowest BCUT2D eigenvalue weighted by molar-refractivity contribution is 0.101. The van der Waals surface area contributed by atoms with Crippen LogP contribution in [0, 0.1) is 0 Å². The number of carbonyl (C=O) groups is 1. The van der Waals surface area contributed by atoms with Gasteiger partial charge in [0.2, 0.25) is 0 Å². The molecule has 0 atom stereocenters. The molecular formula is C18H16N2O5S. The zero-order valence-electron chi connectivity index (χ0n) is 14.1. The zero-order chi connectivity index (χ0) is 18.7. The molecule has 0 aliphatic heterocycles. The number of carbonyl (C=O) groups excluding carboxylic acids is 1. The number of ether oxygens (including phenoxy) is 1. The Kier molecular flexibility index (Phi) is 4.77. The van der Waals surface area contributed by atoms with Crippen LogP contribution in [-0.2, 0) is 10.0 Å². The Balaban J connectivity index is 1.96. The molecule has 0 unspecified atom stereocenters. The third kappa shape index (κ3) is 3.60. The highest BCUT2D eigenvalue weighted by Gasteiger charge is 2.21. The lowest BCUT2D eigenvalue weighted by Crippen LogP contribution is -2.14. The molecule has 0 amide bonds. The van der Waals surface area contributed by atoms with Gasteiger partial charge in [0.1, 0.15) is 10.6 Å². The molecule has 134 valence electrons. The predicted octanol–water partition coefficient (Wildman–Crippen LogP) is 3.35. The van der Waals surface area contributed by atoms with Crippen molar-refractivity contribution in [1.82, 2.24) is 5.16 Å². The Morgan fingerprint density at radius 3 is 2.62 bits per heavy atom. The van der Waals surface area contributed by atoms with Gasteiger partial charge in [-0.05, 0) is 37.3 Å². The maximum Gasteiger partial charge on any atom is 0.265 e. The Hall–Kier alpha value is -3.13. The number of nitrogens with zero attached hydrogens (tertiary/aromatic N) is 1. The molecule has 1 N–H and O–H groups in total. The number of Topliss-reactive ketones (excluding diaryl/α,β-unsaturated/α-hetero) is 1. The number of rotatable bonds is 6. The molecule has 1 heterocycles. The highest BCUT2D eigenvalue weighted by molar-refractivity contribution is 7.92. The van der Waals surface area contributed by atoms with E-state index in [4.69, 9.17) is 9.26 Å². The standard InChI is InChI=1S/C18H16N2O5S/c1-12(21)13-4-3-5-15(10-13)20-26(22,23)18-7-6-14(11-17(18)24-2)16-8-9-19-25-16/h3-11,20H,1-2H3. The number of aromatic nitrogens is 1. The molecule has 0 aliphatic rings. The van der Waals surface area contributed by atoms with Gasteiger partial charge in [-0.25, -0.2) is 8.42 Å². The first-order chi connectivity index (χ1) is 12.4. The summed E-state index contributed by atoms with van der Waals surface area (Å²) in [5.74, 6) is 0.503. The summed E-state index contributed by atoms with van der Waals surface area (Å²) in [5.41, 5.74) is 1.34. The van der Waals surface area contributed by atoms with Gasteiger partial charge in [-0.2, -0.15) is 0 Å². The van der Waals surface area contributed by atoms with Gasteiger partial charge in [0.05, 0.1) is 13.3 Å². The average Bonchev–Trinajstić information content (AvgIpc) is 3.15. The molecule has 3 rings (SSSR count). The van der Waals surface area contributed by atoms with E-state index in [1.807, 2.05) is 0 Å². The highest BCUT2D eigenvalue weighted by Crippen LogP contribution is 2.31. The number of methoxy groups -OCH3 is 1. The van der Waals surface area contributed by atoms with Crippen molar-refractivity contribution < 1.29 is 22.5 Å². The second-order valence-electron chi connectivity index (χ2n) is 5.48. The molecule has 3 aromatic rings. The number of nitrogens with one attached hydrogen (secondary N) is 1. The maximum atomic E-state index is 12.7. The SMILES string of the molecule is COc1cc(-c2ccno2)ccc1S(=O)(=O)Nc1cccc(C(C)=O)c1. The van der Waals surface area contributed by atoms with E-state index >= 15 is 0 Å². The van der Waals surface area contributed by atoms with Gasteiger partial charge >= 0.3 is 0 Å². The third-order valence-electron chi connectivity index (χ3n) is 3.70. The molecule has 8 heteroatoms. The number of hydrogen-bond donors (Lipinski definition) is 1. The van der Waals surface area contributed by atoms with Crippen LogP contribution in [0.2, 0.25) is 0 Å². The van der Waals surface area contributed by atoms with Crippen molar-refractivity contribution in [3.63, 3.8) is 0 Å². The Morgan fingerprint density at radius 2 is 1.96 bits per heavy atom. The topological polar surface area (TPSA) is 98.5 Å². The second-order valence-corrected chi connectivity index (χ2v) is 7.14. The Labute approximate surface area is 150 Å². The van der Waals surface area contributed by atoms with Crippen molar-refractivity contribution in [2.75, 3.05) is 11.8 Å². The van der Waals surface area contributed by atoms with Crippen LogP contribution >= 0.6 is 0 Å². The quantitative estimate of drug-likeness (QED) is 0.666. The molecule has 0 spiro atoms. The summed E-state index contributed by atoms with van der Waals surface area (Å²) < 4.78 is 38.3. The monoisotopic (exact) mass is 372 g/mol. The first-order valence-electron chi connectivity index (χ1n) is 7.63. The summed E-state index contributed by atoms with van der Waals surface area (Å²) in [6.45, 7) is 1.42. The van der Waals surface area contributed by atoms with E-state index in [9.17, 15) is 13.2 Å². The first kappa shape index (κ1) is 17.7. The average molecular weight is 372 g/mol. The zero-order valence-corrected chi connectivity index (χ0v) is 14.9. The van der Waals surface area contributed by atoms with Crippen LogP contribution in [0.5, 0.6) is 5.75 Å². The minimum absolute atomic E-state index is 0.0310. The summed E-state index contributed by atoms with van der Waals surface area (Å²) in [4.78, 5) is 11.4. The van der Waals surface area contributed by atoms with Gasteiger partial charge in [0.25, 0.3) is 10.0 Å². The minimum atomic E-state index is -3.92. The Morgan fingerprint density at radius 1 is 1.15 bits per heavy atom. The van der Waals surface area contributed by atoms with Crippen LogP contribution in [0.3, 0.4) is 0 Å². The van der Waals surface area contributed by atoms with E-state index in [0.717, 1.165) is 0 Å². The molecule has 0 radical (unpaired) electrons. The van der Waals surface area contributed by atoms with Gasteiger partial charge < -0.3 is 9.26 Å². The molecule has 0 saturated heterocycles. The Bertz CT molecular complexity index is 1040. The van der Waals surface area contributed by atoms with Crippen molar-refractivity contribution in [1.29, 1.82) is 0 Å². The molecule has 0 fully saturated rings.